The first-order valence-corrected chi connectivity index (χ1v) is 13.7. The van der Waals surface area contributed by atoms with Crippen molar-refractivity contribution in [2.75, 3.05) is 21.3 Å². The van der Waals surface area contributed by atoms with E-state index in [0.29, 0.717) is 0 Å². The lowest BCUT2D eigenvalue weighted by atomic mass is 10.2. The molecule has 0 aliphatic carbocycles. The Morgan fingerprint density at radius 2 is 0.970 bits per heavy atom. The number of benzene rings is 4. The van der Waals surface area contributed by atoms with E-state index in [0.717, 1.165) is 23.4 Å². The van der Waals surface area contributed by atoms with E-state index < -0.39 is 7.26 Å². The Hall–Kier alpha value is -2.56. The van der Waals surface area contributed by atoms with E-state index >= 15 is 0 Å². The van der Waals surface area contributed by atoms with Gasteiger partial charge in [-0.1, -0.05) is 12.1 Å². The molecular formula is C28H27IO3P+. The Morgan fingerprint density at radius 3 is 1.30 bits per heavy atom. The van der Waals surface area contributed by atoms with Gasteiger partial charge in [-0.25, -0.2) is 0 Å². The van der Waals surface area contributed by atoms with Crippen molar-refractivity contribution >= 4 is 45.8 Å². The van der Waals surface area contributed by atoms with Crippen LogP contribution < -0.4 is 30.1 Å². The Morgan fingerprint density at radius 1 is 0.576 bits per heavy atom. The van der Waals surface area contributed by atoms with Crippen LogP contribution in [0.15, 0.2) is 97.1 Å². The van der Waals surface area contributed by atoms with Crippen LogP contribution in [0.3, 0.4) is 0 Å². The molecule has 4 rings (SSSR count). The molecule has 0 aliphatic heterocycles. The Kier molecular flexibility index (Phi) is 7.56. The predicted octanol–water partition coefficient (Wildman–Crippen LogP) is 5.81. The highest BCUT2D eigenvalue weighted by molar-refractivity contribution is 14.1. The minimum atomic E-state index is -2.06. The van der Waals surface area contributed by atoms with Crippen molar-refractivity contribution in [1.82, 2.24) is 0 Å². The van der Waals surface area contributed by atoms with Crippen molar-refractivity contribution in [1.29, 1.82) is 0 Å². The summed E-state index contributed by atoms with van der Waals surface area (Å²) in [7, 11) is 3.06. The summed E-state index contributed by atoms with van der Waals surface area (Å²) in [6.45, 7) is 0. The molecular weight excluding hydrogens is 542 g/mol. The first-order valence-electron chi connectivity index (χ1n) is 10.7. The SMILES string of the molecule is COc1ccc([P+](Cc2cccc(I)c2)(c2ccc(OC)cc2)c2ccc(OC)cc2)cc1. The van der Waals surface area contributed by atoms with Gasteiger partial charge in [0.2, 0.25) is 0 Å². The van der Waals surface area contributed by atoms with Crippen LogP contribution in [0.25, 0.3) is 0 Å². The quantitative estimate of drug-likeness (QED) is 0.198. The topological polar surface area (TPSA) is 27.7 Å². The number of hydrogen-bond donors (Lipinski definition) is 0. The third-order valence-electron chi connectivity index (χ3n) is 5.85. The normalized spacial score (nSPS) is 11.2. The molecule has 33 heavy (non-hydrogen) atoms. The average Bonchev–Trinajstić information content (AvgIpc) is 2.87. The lowest BCUT2D eigenvalue weighted by Gasteiger charge is -2.28. The number of ether oxygens (including phenoxy) is 3. The molecule has 0 fully saturated rings. The molecule has 0 unspecified atom stereocenters. The molecule has 4 aromatic carbocycles. The van der Waals surface area contributed by atoms with Crippen molar-refractivity contribution in [2.45, 2.75) is 6.16 Å². The maximum Gasteiger partial charge on any atom is 0.119 e. The molecule has 0 bridgehead atoms. The third kappa shape index (κ3) is 5.02. The molecule has 0 aliphatic rings. The Labute approximate surface area is 210 Å². The van der Waals surface area contributed by atoms with Gasteiger partial charge < -0.3 is 14.2 Å². The van der Waals surface area contributed by atoms with Crippen molar-refractivity contribution in [2.24, 2.45) is 0 Å². The number of hydrogen-bond acceptors (Lipinski definition) is 3. The van der Waals surface area contributed by atoms with Gasteiger partial charge in [0.05, 0.1) is 27.5 Å². The van der Waals surface area contributed by atoms with E-state index in [1.165, 1.54) is 25.0 Å². The highest BCUT2D eigenvalue weighted by atomic mass is 127. The average molecular weight is 569 g/mol. The second-order valence-electron chi connectivity index (χ2n) is 7.69. The molecule has 0 spiro atoms. The molecule has 0 saturated carbocycles. The lowest BCUT2D eigenvalue weighted by Crippen LogP contribution is -2.32. The minimum absolute atomic E-state index is 0.857. The fourth-order valence-corrected chi connectivity index (χ4v) is 8.91. The first-order chi connectivity index (χ1) is 16.1. The summed E-state index contributed by atoms with van der Waals surface area (Å²) in [4.78, 5) is 0. The standard InChI is InChI=1S/C28H27IO3P/c1-30-23-7-13-26(14-8-23)33(20-21-5-4-6-22(29)19-21,27-15-9-24(31-2)10-16-27)28-17-11-25(32-3)12-18-28/h4-19H,20H2,1-3H3/q+1. The maximum atomic E-state index is 5.47. The number of methoxy groups -OCH3 is 3. The van der Waals surface area contributed by atoms with Crippen molar-refractivity contribution < 1.29 is 14.2 Å². The summed E-state index contributed by atoms with van der Waals surface area (Å²) >= 11 is 2.39. The van der Waals surface area contributed by atoms with Gasteiger partial charge in [0.1, 0.15) is 40.4 Å². The maximum absolute atomic E-state index is 5.47. The predicted molar refractivity (Wildman–Crippen MR) is 148 cm³/mol. The Balaban J connectivity index is 1.99. The van der Waals surface area contributed by atoms with Crippen LogP contribution in [0, 0.1) is 3.57 Å². The van der Waals surface area contributed by atoms with Crippen LogP contribution >= 0.6 is 29.9 Å². The molecule has 4 aromatic rings. The zero-order valence-corrected chi connectivity index (χ0v) is 22.0. The van der Waals surface area contributed by atoms with Crippen molar-refractivity contribution in [3.05, 3.63) is 106 Å². The highest BCUT2D eigenvalue weighted by Gasteiger charge is 2.45. The molecule has 0 N–H and O–H groups in total. The van der Waals surface area contributed by atoms with Gasteiger partial charge in [-0.2, -0.15) is 0 Å². The van der Waals surface area contributed by atoms with Crippen molar-refractivity contribution in [3.63, 3.8) is 0 Å². The smallest absolute Gasteiger partial charge is 0.119 e. The number of rotatable bonds is 8. The van der Waals surface area contributed by atoms with Gasteiger partial charge in [0, 0.05) is 3.57 Å². The van der Waals surface area contributed by atoms with E-state index in [1.807, 2.05) is 0 Å². The van der Waals surface area contributed by atoms with Crippen LogP contribution in [0.4, 0.5) is 0 Å². The first kappa shape index (κ1) is 23.6. The summed E-state index contributed by atoms with van der Waals surface area (Å²) in [6, 6.07) is 34.5. The van der Waals surface area contributed by atoms with Crippen LogP contribution in [0.1, 0.15) is 5.56 Å². The van der Waals surface area contributed by atoms with Gasteiger partial charge in [0.25, 0.3) is 0 Å². The van der Waals surface area contributed by atoms with Gasteiger partial charge in [-0.05, 0) is 113 Å². The van der Waals surface area contributed by atoms with Gasteiger partial charge >= 0.3 is 0 Å². The van der Waals surface area contributed by atoms with Crippen LogP contribution in [0.5, 0.6) is 17.2 Å². The zero-order valence-electron chi connectivity index (χ0n) is 19.0. The Bertz CT molecular complexity index is 1070. The minimum Gasteiger partial charge on any atom is -0.497 e. The van der Waals surface area contributed by atoms with Gasteiger partial charge in [0.15, 0.2) is 0 Å². The molecule has 0 radical (unpaired) electrons. The molecule has 0 heterocycles. The summed E-state index contributed by atoms with van der Waals surface area (Å²) in [5, 5.41) is 3.91. The third-order valence-corrected chi connectivity index (χ3v) is 10.9. The zero-order chi connectivity index (χ0) is 23.3. The molecule has 0 amide bonds. The van der Waals surface area contributed by atoms with E-state index in [1.54, 1.807) is 21.3 Å². The second-order valence-corrected chi connectivity index (χ2v) is 12.4. The molecule has 0 atom stereocenters. The van der Waals surface area contributed by atoms with E-state index in [-0.39, 0.29) is 0 Å². The largest absolute Gasteiger partial charge is 0.497 e. The summed E-state index contributed by atoms with van der Waals surface area (Å²) in [5.41, 5.74) is 1.32. The van der Waals surface area contributed by atoms with Crippen LogP contribution in [-0.4, -0.2) is 21.3 Å². The molecule has 0 saturated heterocycles. The molecule has 3 nitrogen and oxygen atoms in total. The summed E-state index contributed by atoms with van der Waals surface area (Å²) < 4.78 is 17.6. The molecule has 5 heteroatoms. The monoisotopic (exact) mass is 569 g/mol. The molecule has 168 valence electrons. The van der Waals surface area contributed by atoms with Gasteiger partial charge in [-0.3, -0.25) is 0 Å². The van der Waals surface area contributed by atoms with E-state index in [2.05, 4.69) is 120 Å². The highest BCUT2D eigenvalue weighted by Crippen LogP contribution is 2.58. The second kappa shape index (κ2) is 10.6. The van der Waals surface area contributed by atoms with Gasteiger partial charge in [-0.15, -0.1) is 0 Å². The fourth-order valence-electron chi connectivity index (χ4n) is 4.14. The molecule has 0 aromatic heterocycles. The summed E-state index contributed by atoms with van der Waals surface area (Å²) in [6.07, 6.45) is 0.912. The van der Waals surface area contributed by atoms with E-state index in [9.17, 15) is 0 Å². The fraction of sp³-hybridized carbons (Fsp3) is 0.143. The lowest BCUT2D eigenvalue weighted by molar-refractivity contribution is 0.415. The van der Waals surface area contributed by atoms with E-state index in [4.69, 9.17) is 14.2 Å². The summed E-state index contributed by atoms with van der Waals surface area (Å²) in [5.74, 6) is 2.57. The van der Waals surface area contributed by atoms with Crippen molar-refractivity contribution in [3.8, 4) is 17.2 Å². The van der Waals surface area contributed by atoms with Crippen LogP contribution in [-0.2, 0) is 6.16 Å². The number of halogens is 1. The van der Waals surface area contributed by atoms with Crippen LogP contribution in [0.2, 0.25) is 0 Å².